The number of aromatic nitrogens is 1. The summed E-state index contributed by atoms with van der Waals surface area (Å²) in [7, 11) is 0. The van der Waals surface area contributed by atoms with Crippen molar-refractivity contribution < 1.29 is 9.53 Å². The number of anilines is 1. The highest BCUT2D eigenvalue weighted by atomic mass is 35.5. The Morgan fingerprint density at radius 3 is 2.87 bits per heavy atom. The second-order valence-electron chi connectivity index (χ2n) is 6.01. The van der Waals surface area contributed by atoms with Gasteiger partial charge in [0.2, 0.25) is 5.91 Å². The first-order valence-corrected chi connectivity index (χ1v) is 8.10. The molecule has 1 aliphatic rings. The van der Waals surface area contributed by atoms with E-state index in [2.05, 4.69) is 10.3 Å². The van der Waals surface area contributed by atoms with Crippen LogP contribution in [0, 0.1) is 5.92 Å². The molecule has 0 unspecified atom stereocenters. The highest BCUT2D eigenvalue weighted by Gasteiger charge is 2.44. The van der Waals surface area contributed by atoms with Crippen LogP contribution in [0.5, 0.6) is 5.75 Å². The number of rotatable bonds is 5. The fraction of sp³-hybridized carbons (Fsp3) is 0.333. The molecular formula is C18H19ClN2O2. The number of nitrogens with one attached hydrogen (secondary N) is 1. The average molecular weight is 331 g/mol. The van der Waals surface area contributed by atoms with E-state index in [0.717, 1.165) is 12.0 Å². The molecule has 5 heteroatoms. The highest BCUT2D eigenvalue weighted by molar-refractivity contribution is 6.32. The minimum Gasteiger partial charge on any atom is -0.487 e. The van der Waals surface area contributed by atoms with Crippen molar-refractivity contribution >= 4 is 23.2 Å². The van der Waals surface area contributed by atoms with Crippen molar-refractivity contribution in [3.8, 4) is 5.75 Å². The lowest BCUT2D eigenvalue weighted by molar-refractivity contribution is -0.117. The summed E-state index contributed by atoms with van der Waals surface area (Å²) in [6, 6.07) is 9.27. The average Bonchev–Trinajstić information content (AvgIpc) is 3.32. The Hall–Kier alpha value is -2.07. The summed E-state index contributed by atoms with van der Waals surface area (Å²) in [6.07, 6.45) is 4.39. The van der Waals surface area contributed by atoms with Crippen LogP contribution in [0.25, 0.3) is 0 Å². The molecule has 1 amide bonds. The Kier molecular flexibility index (Phi) is 4.53. The maximum absolute atomic E-state index is 12.5. The molecule has 0 radical (unpaired) electrons. The number of benzene rings is 1. The van der Waals surface area contributed by atoms with E-state index < -0.39 is 0 Å². The van der Waals surface area contributed by atoms with E-state index in [1.165, 1.54) is 0 Å². The SMILES string of the molecule is CC(C)Oc1c(Cl)cccc1NC(=O)[C@H]1C[C@H]1c1cccnc1. The molecule has 1 aromatic carbocycles. The fourth-order valence-electron chi connectivity index (χ4n) is 2.64. The van der Waals surface area contributed by atoms with Gasteiger partial charge in [-0.05, 0) is 49.9 Å². The number of para-hydroxylation sites is 1. The molecule has 1 saturated carbocycles. The Bertz CT molecular complexity index is 703. The van der Waals surface area contributed by atoms with Gasteiger partial charge in [0.05, 0.1) is 16.8 Å². The topological polar surface area (TPSA) is 51.2 Å². The van der Waals surface area contributed by atoms with E-state index in [1.54, 1.807) is 18.3 Å². The van der Waals surface area contributed by atoms with Crippen molar-refractivity contribution in [1.29, 1.82) is 0 Å². The van der Waals surface area contributed by atoms with Gasteiger partial charge in [-0.1, -0.05) is 23.7 Å². The summed E-state index contributed by atoms with van der Waals surface area (Å²) in [5.41, 5.74) is 1.73. The van der Waals surface area contributed by atoms with Gasteiger partial charge in [-0.3, -0.25) is 9.78 Å². The molecule has 3 rings (SSSR count). The maximum Gasteiger partial charge on any atom is 0.228 e. The third-order valence-corrected chi connectivity index (χ3v) is 4.12. The number of pyridine rings is 1. The third-order valence-electron chi connectivity index (χ3n) is 3.82. The molecule has 4 nitrogen and oxygen atoms in total. The molecule has 1 heterocycles. The molecule has 120 valence electrons. The summed E-state index contributed by atoms with van der Waals surface area (Å²) in [4.78, 5) is 16.6. The van der Waals surface area contributed by atoms with Crippen LogP contribution < -0.4 is 10.1 Å². The minimum absolute atomic E-state index is 0.00488. The quantitative estimate of drug-likeness (QED) is 0.891. The van der Waals surface area contributed by atoms with Crippen LogP contribution in [-0.2, 0) is 4.79 Å². The first-order chi connectivity index (χ1) is 11.1. The maximum atomic E-state index is 12.5. The number of hydrogen-bond acceptors (Lipinski definition) is 3. The van der Waals surface area contributed by atoms with Crippen LogP contribution in [0.15, 0.2) is 42.7 Å². The Labute approximate surface area is 140 Å². The molecule has 0 spiro atoms. The molecule has 1 N–H and O–H groups in total. The van der Waals surface area contributed by atoms with E-state index in [0.29, 0.717) is 16.5 Å². The monoisotopic (exact) mass is 330 g/mol. The zero-order valence-electron chi connectivity index (χ0n) is 13.1. The Morgan fingerprint density at radius 1 is 1.35 bits per heavy atom. The first-order valence-electron chi connectivity index (χ1n) is 7.72. The van der Waals surface area contributed by atoms with E-state index in [4.69, 9.17) is 16.3 Å². The smallest absolute Gasteiger partial charge is 0.228 e. The second-order valence-corrected chi connectivity index (χ2v) is 6.41. The van der Waals surface area contributed by atoms with Crippen LogP contribution in [0.3, 0.4) is 0 Å². The Morgan fingerprint density at radius 2 is 2.17 bits per heavy atom. The predicted octanol–water partition coefficient (Wildman–Crippen LogP) is 4.26. The second kappa shape index (κ2) is 6.59. The van der Waals surface area contributed by atoms with Gasteiger partial charge in [-0.15, -0.1) is 0 Å². The molecule has 0 saturated heterocycles. The molecule has 2 aromatic rings. The Balaban J connectivity index is 1.71. The molecule has 0 aliphatic heterocycles. The fourth-order valence-corrected chi connectivity index (χ4v) is 2.86. The summed E-state index contributed by atoms with van der Waals surface area (Å²) in [6.45, 7) is 3.85. The number of carbonyl (C=O) groups is 1. The van der Waals surface area contributed by atoms with Gasteiger partial charge in [0.25, 0.3) is 0 Å². The largest absolute Gasteiger partial charge is 0.487 e. The van der Waals surface area contributed by atoms with Crippen molar-refractivity contribution in [3.05, 3.63) is 53.3 Å². The zero-order valence-corrected chi connectivity index (χ0v) is 13.9. The summed E-state index contributed by atoms with van der Waals surface area (Å²) in [5.74, 6) is 0.744. The van der Waals surface area contributed by atoms with E-state index in [9.17, 15) is 4.79 Å². The molecular weight excluding hydrogens is 312 g/mol. The van der Waals surface area contributed by atoms with Gasteiger partial charge in [-0.2, -0.15) is 0 Å². The van der Waals surface area contributed by atoms with E-state index >= 15 is 0 Å². The first kappa shape index (κ1) is 15.8. The van der Waals surface area contributed by atoms with Gasteiger partial charge in [-0.25, -0.2) is 0 Å². The van der Waals surface area contributed by atoms with Gasteiger partial charge in [0.1, 0.15) is 0 Å². The lowest BCUT2D eigenvalue weighted by Gasteiger charge is -2.16. The van der Waals surface area contributed by atoms with Gasteiger partial charge in [0, 0.05) is 18.3 Å². The van der Waals surface area contributed by atoms with Crippen LogP contribution in [0.1, 0.15) is 31.7 Å². The van der Waals surface area contributed by atoms with Gasteiger partial charge in [0.15, 0.2) is 5.75 Å². The number of hydrogen-bond donors (Lipinski definition) is 1. The molecule has 2 atom stereocenters. The van der Waals surface area contributed by atoms with E-state index in [1.807, 2.05) is 38.2 Å². The zero-order chi connectivity index (χ0) is 16.4. The minimum atomic E-state index is -0.0231. The summed E-state index contributed by atoms with van der Waals surface area (Å²) >= 11 is 6.19. The number of amides is 1. The van der Waals surface area contributed by atoms with E-state index in [-0.39, 0.29) is 23.8 Å². The highest BCUT2D eigenvalue weighted by Crippen LogP contribution is 2.48. The van der Waals surface area contributed by atoms with Crippen LogP contribution >= 0.6 is 11.6 Å². The lowest BCUT2D eigenvalue weighted by Crippen LogP contribution is -2.16. The molecule has 1 fully saturated rings. The normalized spacial score (nSPS) is 19.5. The molecule has 0 bridgehead atoms. The van der Waals surface area contributed by atoms with Crippen molar-refractivity contribution in [1.82, 2.24) is 4.98 Å². The van der Waals surface area contributed by atoms with Gasteiger partial charge >= 0.3 is 0 Å². The lowest BCUT2D eigenvalue weighted by atomic mass is 10.1. The van der Waals surface area contributed by atoms with Crippen LogP contribution in [0.4, 0.5) is 5.69 Å². The van der Waals surface area contributed by atoms with Crippen LogP contribution in [-0.4, -0.2) is 17.0 Å². The standard InChI is InChI=1S/C18H19ClN2O2/c1-11(2)23-17-15(19)6-3-7-16(17)21-18(22)14-9-13(14)12-5-4-8-20-10-12/h3-8,10-11,13-14H,9H2,1-2H3,(H,21,22)/t13-,14-/m0/s1. The molecule has 23 heavy (non-hydrogen) atoms. The number of carbonyl (C=O) groups excluding carboxylic acids is 1. The predicted molar refractivity (Wildman–Crippen MR) is 90.9 cm³/mol. The van der Waals surface area contributed by atoms with Crippen molar-refractivity contribution in [2.45, 2.75) is 32.3 Å². The third kappa shape index (κ3) is 3.64. The van der Waals surface area contributed by atoms with Crippen molar-refractivity contribution in [3.63, 3.8) is 0 Å². The number of ether oxygens (including phenoxy) is 1. The van der Waals surface area contributed by atoms with Crippen molar-refractivity contribution in [2.24, 2.45) is 5.92 Å². The summed E-state index contributed by atoms with van der Waals surface area (Å²) < 4.78 is 5.73. The molecule has 1 aromatic heterocycles. The van der Waals surface area contributed by atoms with Gasteiger partial charge < -0.3 is 10.1 Å². The summed E-state index contributed by atoms with van der Waals surface area (Å²) in [5, 5.41) is 3.45. The number of halogens is 1. The number of nitrogens with zero attached hydrogens (tertiary/aromatic N) is 1. The van der Waals surface area contributed by atoms with Crippen LogP contribution in [0.2, 0.25) is 5.02 Å². The molecule has 1 aliphatic carbocycles. The van der Waals surface area contributed by atoms with Crippen molar-refractivity contribution in [2.75, 3.05) is 5.32 Å².